The maximum absolute atomic E-state index is 12.5. The molecular weight excluding hydrogens is 336 g/mol. The Hall–Kier alpha value is -3.59. The lowest BCUT2D eigenvalue weighted by atomic mass is 10.0. The molecule has 0 bridgehead atoms. The summed E-state index contributed by atoms with van der Waals surface area (Å²) in [5.74, 6) is 0.220. The number of ether oxygens (including phenoxy) is 1. The Bertz CT molecular complexity index is 1100. The van der Waals surface area contributed by atoms with E-state index in [-0.39, 0.29) is 17.1 Å². The first-order valence-corrected chi connectivity index (χ1v) is 8.74. The second-order valence-electron chi connectivity index (χ2n) is 6.30. The molecule has 4 aromatic carbocycles. The summed E-state index contributed by atoms with van der Waals surface area (Å²) in [6, 6.07) is 27.9. The Morgan fingerprint density at radius 1 is 0.815 bits per heavy atom. The van der Waals surface area contributed by atoms with Crippen molar-refractivity contribution in [2.24, 2.45) is 0 Å². The molecule has 0 aliphatic heterocycles. The fourth-order valence-electron chi connectivity index (χ4n) is 3.12. The maximum Gasteiger partial charge on any atom is 0.196 e. The van der Waals surface area contributed by atoms with Crippen LogP contribution in [0.15, 0.2) is 91.0 Å². The van der Waals surface area contributed by atoms with Crippen molar-refractivity contribution < 1.29 is 14.6 Å². The third-order valence-electron chi connectivity index (χ3n) is 4.52. The first kappa shape index (κ1) is 16.9. The highest BCUT2D eigenvalue weighted by atomic mass is 16.5. The topological polar surface area (TPSA) is 46.5 Å². The summed E-state index contributed by atoms with van der Waals surface area (Å²) in [4.78, 5) is 12.5. The van der Waals surface area contributed by atoms with Gasteiger partial charge in [0.05, 0.1) is 5.56 Å². The zero-order chi connectivity index (χ0) is 18.6. The Morgan fingerprint density at radius 3 is 2.37 bits per heavy atom. The summed E-state index contributed by atoms with van der Waals surface area (Å²) < 4.78 is 5.85. The van der Waals surface area contributed by atoms with E-state index < -0.39 is 0 Å². The number of hydrogen-bond acceptors (Lipinski definition) is 3. The highest BCUT2D eigenvalue weighted by molar-refractivity contribution is 6.10. The molecule has 0 unspecified atom stereocenters. The molecule has 0 heterocycles. The molecule has 0 aliphatic rings. The van der Waals surface area contributed by atoms with E-state index in [4.69, 9.17) is 4.74 Å². The van der Waals surface area contributed by atoms with E-state index in [1.807, 2.05) is 30.3 Å². The van der Waals surface area contributed by atoms with Gasteiger partial charge >= 0.3 is 0 Å². The summed E-state index contributed by atoms with van der Waals surface area (Å²) in [6.45, 7) is 0.382. The largest absolute Gasteiger partial charge is 0.507 e. The molecule has 0 amide bonds. The molecule has 0 saturated carbocycles. The van der Waals surface area contributed by atoms with Gasteiger partial charge in [-0.25, -0.2) is 0 Å². The molecule has 1 N–H and O–H groups in total. The Morgan fingerprint density at radius 2 is 1.56 bits per heavy atom. The number of rotatable bonds is 5. The van der Waals surface area contributed by atoms with Crippen molar-refractivity contribution in [3.8, 4) is 11.5 Å². The number of carbonyl (C=O) groups excluding carboxylic acids is 1. The SMILES string of the molecule is O=C(c1ccccc1)c1ccc(OCc2cccc3ccccc23)cc1O. The van der Waals surface area contributed by atoms with Gasteiger partial charge in [0.1, 0.15) is 18.1 Å². The Kier molecular flexibility index (Phi) is 4.58. The van der Waals surface area contributed by atoms with Gasteiger partial charge in [0.25, 0.3) is 0 Å². The molecule has 0 fully saturated rings. The van der Waals surface area contributed by atoms with Crippen LogP contribution in [0.1, 0.15) is 21.5 Å². The van der Waals surface area contributed by atoms with Gasteiger partial charge in [0.15, 0.2) is 5.78 Å². The van der Waals surface area contributed by atoms with E-state index >= 15 is 0 Å². The average molecular weight is 354 g/mol. The van der Waals surface area contributed by atoms with Crippen LogP contribution in [0.2, 0.25) is 0 Å². The zero-order valence-electron chi connectivity index (χ0n) is 14.6. The average Bonchev–Trinajstić information content (AvgIpc) is 2.72. The number of phenolic OH excluding ortho intramolecular Hbond substituents is 1. The van der Waals surface area contributed by atoms with Crippen LogP contribution in [0.25, 0.3) is 10.8 Å². The van der Waals surface area contributed by atoms with Gasteiger partial charge in [-0.15, -0.1) is 0 Å². The molecule has 4 rings (SSSR count). The van der Waals surface area contributed by atoms with E-state index in [0.717, 1.165) is 16.3 Å². The molecule has 0 saturated heterocycles. The van der Waals surface area contributed by atoms with E-state index in [9.17, 15) is 9.90 Å². The molecule has 3 heteroatoms. The van der Waals surface area contributed by atoms with E-state index in [1.54, 1.807) is 36.4 Å². The third kappa shape index (κ3) is 3.53. The predicted octanol–water partition coefficient (Wildman–Crippen LogP) is 5.36. The van der Waals surface area contributed by atoms with Crippen molar-refractivity contribution in [2.75, 3.05) is 0 Å². The molecule has 132 valence electrons. The standard InChI is InChI=1S/C24H18O3/c25-23-15-20(13-14-22(23)24(26)18-8-2-1-3-9-18)27-16-19-11-6-10-17-7-4-5-12-21(17)19/h1-15,25H,16H2. The quantitative estimate of drug-likeness (QED) is 0.491. The van der Waals surface area contributed by atoms with Crippen LogP contribution < -0.4 is 4.74 Å². The summed E-state index contributed by atoms with van der Waals surface area (Å²) in [5, 5.41) is 12.6. The van der Waals surface area contributed by atoms with Gasteiger partial charge in [0.2, 0.25) is 0 Å². The van der Waals surface area contributed by atoms with Crippen molar-refractivity contribution in [3.63, 3.8) is 0 Å². The van der Waals surface area contributed by atoms with Gasteiger partial charge in [-0.2, -0.15) is 0 Å². The summed E-state index contributed by atoms with van der Waals surface area (Å²) in [5.41, 5.74) is 1.87. The van der Waals surface area contributed by atoms with E-state index in [0.29, 0.717) is 17.9 Å². The molecular formula is C24H18O3. The number of hydrogen-bond donors (Lipinski definition) is 1. The molecule has 0 atom stereocenters. The molecule has 0 radical (unpaired) electrons. The molecule has 3 nitrogen and oxygen atoms in total. The van der Waals surface area contributed by atoms with Crippen molar-refractivity contribution in [1.29, 1.82) is 0 Å². The van der Waals surface area contributed by atoms with Gasteiger partial charge in [-0.1, -0.05) is 72.8 Å². The van der Waals surface area contributed by atoms with Crippen LogP contribution >= 0.6 is 0 Å². The smallest absolute Gasteiger partial charge is 0.196 e. The van der Waals surface area contributed by atoms with E-state index in [2.05, 4.69) is 18.2 Å². The van der Waals surface area contributed by atoms with Gasteiger partial charge in [-0.05, 0) is 28.5 Å². The van der Waals surface area contributed by atoms with Crippen LogP contribution in [0.3, 0.4) is 0 Å². The molecule has 0 aromatic heterocycles. The van der Waals surface area contributed by atoms with Gasteiger partial charge in [-0.3, -0.25) is 4.79 Å². The Labute approximate surface area is 157 Å². The molecule has 4 aromatic rings. The van der Waals surface area contributed by atoms with Crippen molar-refractivity contribution >= 4 is 16.6 Å². The van der Waals surface area contributed by atoms with Crippen LogP contribution in [-0.2, 0) is 6.61 Å². The van der Waals surface area contributed by atoms with Crippen LogP contribution in [0.5, 0.6) is 11.5 Å². The first-order chi connectivity index (χ1) is 13.2. The summed E-state index contributed by atoms with van der Waals surface area (Å²) >= 11 is 0. The second kappa shape index (κ2) is 7.34. The number of benzene rings is 4. The van der Waals surface area contributed by atoms with Gasteiger partial charge in [0, 0.05) is 11.6 Å². The maximum atomic E-state index is 12.5. The number of aromatic hydroxyl groups is 1. The van der Waals surface area contributed by atoms with Crippen LogP contribution in [-0.4, -0.2) is 10.9 Å². The summed E-state index contributed by atoms with van der Waals surface area (Å²) in [7, 11) is 0. The molecule has 0 aliphatic carbocycles. The Balaban J connectivity index is 1.54. The first-order valence-electron chi connectivity index (χ1n) is 8.74. The highest BCUT2D eigenvalue weighted by Gasteiger charge is 2.14. The minimum atomic E-state index is -0.214. The fourth-order valence-corrected chi connectivity index (χ4v) is 3.12. The summed E-state index contributed by atoms with van der Waals surface area (Å²) in [6.07, 6.45) is 0. The lowest BCUT2D eigenvalue weighted by molar-refractivity contribution is 0.103. The van der Waals surface area contributed by atoms with E-state index in [1.165, 1.54) is 6.07 Å². The van der Waals surface area contributed by atoms with Crippen LogP contribution in [0, 0.1) is 0 Å². The molecule has 27 heavy (non-hydrogen) atoms. The normalized spacial score (nSPS) is 10.7. The molecule has 0 spiro atoms. The minimum absolute atomic E-state index is 0.0840. The van der Waals surface area contributed by atoms with Crippen LogP contribution in [0.4, 0.5) is 0 Å². The van der Waals surface area contributed by atoms with Crippen molar-refractivity contribution in [2.45, 2.75) is 6.61 Å². The zero-order valence-corrected chi connectivity index (χ0v) is 14.6. The minimum Gasteiger partial charge on any atom is -0.507 e. The third-order valence-corrected chi connectivity index (χ3v) is 4.52. The predicted molar refractivity (Wildman–Crippen MR) is 106 cm³/mol. The highest BCUT2D eigenvalue weighted by Crippen LogP contribution is 2.27. The lowest BCUT2D eigenvalue weighted by Crippen LogP contribution is -2.02. The number of phenols is 1. The number of fused-ring (bicyclic) bond motifs is 1. The number of carbonyl (C=O) groups is 1. The van der Waals surface area contributed by atoms with Gasteiger partial charge < -0.3 is 9.84 Å². The van der Waals surface area contributed by atoms with Crippen molar-refractivity contribution in [3.05, 3.63) is 108 Å². The lowest BCUT2D eigenvalue weighted by Gasteiger charge is -2.11. The monoisotopic (exact) mass is 354 g/mol. The second-order valence-corrected chi connectivity index (χ2v) is 6.30. The van der Waals surface area contributed by atoms with Crippen molar-refractivity contribution in [1.82, 2.24) is 0 Å². The number of ketones is 1. The fraction of sp³-hybridized carbons (Fsp3) is 0.0417.